The molecule has 3 rings (SSSR count). The molecule has 6 heteroatoms. The smallest absolute Gasteiger partial charge is 0.308 e. The van der Waals surface area contributed by atoms with Gasteiger partial charge in [0.15, 0.2) is 6.61 Å². The van der Waals surface area contributed by atoms with Crippen molar-refractivity contribution in [2.24, 2.45) is 0 Å². The van der Waals surface area contributed by atoms with Crippen LogP contribution in [0.25, 0.3) is 5.70 Å². The van der Waals surface area contributed by atoms with Crippen molar-refractivity contribution in [3.63, 3.8) is 0 Å². The highest BCUT2D eigenvalue weighted by atomic mass is 16.5. The van der Waals surface area contributed by atoms with Crippen LogP contribution in [-0.2, 0) is 20.9 Å². The van der Waals surface area contributed by atoms with Gasteiger partial charge in [0.05, 0.1) is 6.42 Å². The van der Waals surface area contributed by atoms with Crippen molar-refractivity contribution in [3.05, 3.63) is 77.9 Å². The lowest BCUT2D eigenvalue weighted by Gasteiger charge is -2.35. The molecule has 0 spiro atoms. The van der Waals surface area contributed by atoms with Gasteiger partial charge in [-0.3, -0.25) is 14.4 Å². The van der Waals surface area contributed by atoms with E-state index in [2.05, 4.69) is 6.58 Å². The molecule has 0 bridgehead atoms. The Hall–Kier alpha value is -3.41. The summed E-state index contributed by atoms with van der Waals surface area (Å²) in [4.78, 5) is 40.7. The molecule has 0 radical (unpaired) electrons. The van der Waals surface area contributed by atoms with E-state index in [0.717, 1.165) is 11.1 Å². The molecule has 2 amide bonds. The van der Waals surface area contributed by atoms with Crippen LogP contribution in [0.3, 0.4) is 0 Å². The molecule has 31 heavy (non-hydrogen) atoms. The zero-order valence-electron chi connectivity index (χ0n) is 18.3. The third-order valence-electron chi connectivity index (χ3n) is 5.23. The number of fused-ring (bicyclic) bond motifs is 1. The van der Waals surface area contributed by atoms with Crippen LogP contribution in [0.4, 0.5) is 0 Å². The Morgan fingerprint density at radius 3 is 2.23 bits per heavy atom. The molecule has 2 aromatic rings. The number of rotatable bonds is 7. The summed E-state index contributed by atoms with van der Waals surface area (Å²) in [7, 11) is 0. The molecule has 0 aromatic heterocycles. The van der Waals surface area contributed by atoms with Crippen LogP contribution < -0.4 is 0 Å². The molecule has 0 N–H and O–H groups in total. The molecule has 0 saturated heterocycles. The highest BCUT2D eigenvalue weighted by Crippen LogP contribution is 2.31. The van der Waals surface area contributed by atoms with E-state index in [0.29, 0.717) is 17.8 Å². The molecule has 162 valence electrons. The number of ether oxygens (including phenoxy) is 1. The molecule has 0 atom stereocenters. The number of carbonyl (C=O) groups is 3. The Balaban J connectivity index is 1.53. The van der Waals surface area contributed by atoms with Gasteiger partial charge >= 0.3 is 5.97 Å². The lowest BCUT2D eigenvalue weighted by atomic mass is 10.0. The summed E-state index contributed by atoms with van der Waals surface area (Å²) in [6.45, 7) is 10.0. The summed E-state index contributed by atoms with van der Waals surface area (Å²) in [6, 6.07) is 16.9. The maximum atomic E-state index is 12.8. The molecule has 0 aliphatic carbocycles. The van der Waals surface area contributed by atoms with E-state index in [1.54, 1.807) is 17.0 Å². The van der Waals surface area contributed by atoms with Crippen molar-refractivity contribution in [1.29, 1.82) is 0 Å². The first-order valence-corrected chi connectivity index (χ1v) is 10.3. The summed E-state index contributed by atoms with van der Waals surface area (Å²) in [5.74, 6) is -0.969. The van der Waals surface area contributed by atoms with Crippen molar-refractivity contribution in [2.45, 2.75) is 39.3 Å². The minimum atomic E-state index is -0.529. The molecule has 1 aliphatic heterocycles. The van der Waals surface area contributed by atoms with Crippen LogP contribution in [0.1, 0.15) is 48.7 Å². The average molecular weight is 421 g/mol. The first kappa shape index (κ1) is 22.3. The van der Waals surface area contributed by atoms with Gasteiger partial charge < -0.3 is 14.5 Å². The molecule has 0 fully saturated rings. The van der Waals surface area contributed by atoms with Gasteiger partial charge in [0.2, 0.25) is 0 Å². The Kier molecular flexibility index (Phi) is 6.59. The molecule has 1 aliphatic rings. The Morgan fingerprint density at radius 1 is 1.00 bits per heavy atom. The molecular weight excluding hydrogens is 392 g/mol. The van der Waals surface area contributed by atoms with Gasteiger partial charge in [-0.05, 0) is 32.4 Å². The summed E-state index contributed by atoms with van der Waals surface area (Å²) < 4.78 is 5.23. The van der Waals surface area contributed by atoms with Crippen LogP contribution >= 0.6 is 0 Å². The molecular formula is C25H28N2O4. The van der Waals surface area contributed by atoms with Crippen molar-refractivity contribution in [3.8, 4) is 0 Å². The minimum absolute atomic E-state index is 0.0137. The zero-order chi connectivity index (χ0) is 22.6. The lowest BCUT2D eigenvalue weighted by Crippen LogP contribution is -2.46. The number of hydrogen-bond donors (Lipinski definition) is 0. The third-order valence-corrected chi connectivity index (χ3v) is 5.23. The van der Waals surface area contributed by atoms with Crippen LogP contribution in [0, 0.1) is 0 Å². The predicted molar refractivity (Wildman–Crippen MR) is 119 cm³/mol. The first-order chi connectivity index (χ1) is 14.7. The molecule has 0 unspecified atom stereocenters. The molecule has 0 saturated carbocycles. The van der Waals surface area contributed by atoms with Crippen LogP contribution in [-0.4, -0.2) is 46.3 Å². The van der Waals surface area contributed by atoms with Gasteiger partial charge in [0.25, 0.3) is 11.8 Å². The van der Waals surface area contributed by atoms with Crippen LogP contribution in [0.15, 0.2) is 61.2 Å². The fourth-order valence-corrected chi connectivity index (χ4v) is 3.53. The van der Waals surface area contributed by atoms with Crippen molar-refractivity contribution < 1.29 is 19.1 Å². The SMILES string of the molecule is C=C1c2ccccc2C(=O)N1CCC(=O)OCC(=O)N(Cc1ccccc1)C(C)(C)C. The fourth-order valence-electron chi connectivity index (χ4n) is 3.53. The normalized spacial score (nSPS) is 13.2. The van der Waals surface area contributed by atoms with E-state index in [-0.39, 0.29) is 31.4 Å². The topological polar surface area (TPSA) is 66.9 Å². The fraction of sp³-hybridized carbons (Fsp3) is 0.320. The Bertz CT molecular complexity index is 957. The first-order valence-electron chi connectivity index (χ1n) is 10.3. The van der Waals surface area contributed by atoms with Gasteiger partial charge in [-0.15, -0.1) is 0 Å². The van der Waals surface area contributed by atoms with E-state index in [1.807, 2.05) is 63.2 Å². The monoisotopic (exact) mass is 420 g/mol. The average Bonchev–Trinajstić information content (AvgIpc) is 2.99. The van der Waals surface area contributed by atoms with Gasteiger partial charge in [0, 0.05) is 35.5 Å². The van der Waals surface area contributed by atoms with Gasteiger partial charge in [-0.1, -0.05) is 55.1 Å². The van der Waals surface area contributed by atoms with E-state index in [9.17, 15) is 14.4 Å². The summed E-state index contributed by atoms with van der Waals surface area (Å²) in [5.41, 5.74) is 2.51. The van der Waals surface area contributed by atoms with Crippen LogP contribution in [0.2, 0.25) is 0 Å². The highest BCUT2D eigenvalue weighted by molar-refractivity contribution is 6.08. The second-order valence-corrected chi connectivity index (χ2v) is 8.50. The van der Waals surface area contributed by atoms with Crippen LogP contribution in [0.5, 0.6) is 0 Å². The van der Waals surface area contributed by atoms with E-state index in [4.69, 9.17) is 4.74 Å². The number of benzene rings is 2. The van der Waals surface area contributed by atoms with Gasteiger partial charge in [0.1, 0.15) is 0 Å². The van der Waals surface area contributed by atoms with Gasteiger partial charge in [-0.2, -0.15) is 0 Å². The second-order valence-electron chi connectivity index (χ2n) is 8.50. The Labute approximate surface area is 183 Å². The van der Waals surface area contributed by atoms with E-state index in [1.165, 1.54) is 4.90 Å². The molecule has 6 nitrogen and oxygen atoms in total. The van der Waals surface area contributed by atoms with Gasteiger partial charge in [-0.25, -0.2) is 0 Å². The minimum Gasteiger partial charge on any atom is -0.456 e. The number of carbonyl (C=O) groups excluding carboxylic acids is 3. The molecule has 2 aromatic carbocycles. The largest absolute Gasteiger partial charge is 0.456 e. The van der Waals surface area contributed by atoms with Crippen molar-refractivity contribution >= 4 is 23.5 Å². The highest BCUT2D eigenvalue weighted by Gasteiger charge is 2.31. The number of hydrogen-bond acceptors (Lipinski definition) is 4. The van der Waals surface area contributed by atoms with E-state index >= 15 is 0 Å². The maximum absolute atomic E-state index is 12.8. The van der Waals surface area contributed by atoms with Crippen molar-refractivity contribution in [1.82, 2.24) is 9.80 Å². The standard InChI is InChI=1S/C25H28N2O4/c1-18-20-12-8-9-13-21(20)24(30)26(18)15-14-23(29)31-17-22(28)27(25(2,3)4)16-19-10-6-5-7-11-19/h5-13H,1,14-17H2,2-4H3. The van der Waals surface area contributed by atoms with Crippen molar-refractivity contribution in [2.75, 3.05) is 13.2 Å². The number of amides is 2. The quantitative estimate of drug-likeness (QED) is 0.638. The third kappa shape index (κ3) is 5.20. The number of nitrogens with zero attached hydrogens (tertiary/aromatic N) is 2. The summed E-state index contributed by atoms with van der Waals surface area (Å²) in [6.07, 6.45) is -0.0137. The number of esters is 1. The second kappa shape index (κ2) is 9.16. The molecule has 1 heterocycles. The Morgan fingerprint density at radius 2 is 1.61 bits per heavy atom. The summed E-state index contributed by atoms with van der Waals surface area (Å²) >= 11 is 0. The lowest BCUT2D eigenvalue weighted by molar-refractivity contribution is -0.154. The van der Waals surface area contributed by atoms with E-state index < -0.39 is 11.5 Å². The zero-order valence-corrected chi connectivity index (χ0v) is 18.3. The predicted octanol–water partition coefficient (Wildman–Crippen LogP) is 3.87. The summed E-state index contributed by atoms with van der Waals surface area (Å²) in [5, 5.41) is 0. The maximum Gasteiger partial charge on any atom is 0.308 e.